The van der Waals surface area contributed by atoms with E-state index in [1.165, 1.54) is 12.6 Å². The monoisotopic (exact) mass is 328 g/mol. The molecule has 0 bridgehead atoms. The third kappa shape index (κ3) is 4.07. The fourth-order valence-corrected chi connectivity index (χ4v) is 4.10. The molecule has 0 saturated carbocycles. The van der Waals surface area contributed by atoms with Gasteiger partial charge in [-0.25, -0.2) is 18.4 Å². The summed E-state index contributed by atoms with van der Waals surface area (Å²) < 4.78 is 30.6. The second-order valence-corrected chi connectivity index (χ2v) is 7.27. The maximum absolute atomic E-state index is 11.8. The van der Waals surface area contributed by atoms with Gasteiger partial charge in [0.25, 0.3) is 0 Å². The lowest BCUT2D eigenvalue weighted by Crippen LogP contribution is -2.47. The van der Waals surface area contributed by atoms with Crippen molar-refractivity contribution in [1.82, 2.24) is 14.3 Å². The quantitative estimate of drug-likeness (QED) is 0.779. The number of rotatable bonds is 6. The Morgan fingerprint density at radius 3 is 2.55 bits per heavy atom. The first-order chi connectivity index (χ1) is 10.5. The van der Waals surface area contributed by atoms with E-state index in [0.29, 0.717) is 19.0 Å². The van der Waals surface area contributed by atoms with E-state index < -0.39 is 10.0 Å². The van der Waals surface area contributed by atoms with Crippen molar-refractivity contribution in [2.24, 2.45) is 0 Å². The topological polar surface area (TPSA) is 75.6 Å². The molecule has 0 radical (unpaired) electrons. The summed E-state index contributed by atoms with van der Waals surface area (Å²) in [6.45, 7) is 6.44. The Bertz CT molecular complexity index is 586. The van der Waals surface area contributed by atoms with Gasteiger partial charge < -0.3 is 9.64 Å². The first-order valence-corrected chi connectivity index (χ1v) is 9.47. The van der Waals surface area contributed by atoms with E-state index in [4.69, 9.17) is 4.74 Å². The summed E-state index contributed by atoms with van der Waals surface area (Å²) >= 11 is 0. The molecule has 1 aliphatic rings. The first kappa shape index (κ1) is 17.0. The molecule has 1 saturated heterocycles. The molecule has 124 valence electrons. The maximum atomic E-state index is 11.8. The molecule has 7 nitrogen and oxygen atoms in total. The Morgan fingerprint density at radius 2 is 2.00 bits per heavy atom. The lowest BCUT2D eigenvalue weighted by atomic mass is 10.1. The summed E-state index contributed by atoms with van der Waals surface area (Å²) in [5, 5.41) is 0. The summed E-state index contributed by atoms with van der Waals surface area (Å²) in [5.41, 5.74) is 0. The fourth-order valence-electron chi connectivity index (χ4n) is 2.88. The molecular weight excluding hydrogens is 304 g/mol. The molecule has 1 fully saturated rings. The summed E-state index contributed by atoms with van der Waals surface area (Å²) in [7, 11) is -3.14. The molecule has 0 spiro atoms. The average Bonchev–Trinajstić information content (AvgIpc) is 2.48. The van der Waals surface area contributed by atoms with Gasteiger partial charge in [0.1, 0.15) is 12.1 Å². The van der Waals surface area contributed by atoms with E-state index in [9.17, 15) is 8.42 Å². The fraction of sp³-hybridized carbons (Fsp3) is 0.714. The van der Waals surface area contributed by atoms with Crippen LogP contribution in [0.4, 0.5) is 5.82 Å². The predicted molar refractivity (Wildman–Crippen MR) is 85.7 cm³/mol. The van der Waals surface area contributed by atoms with E-state index >= 15 is 0 Å². The highest BCUT2D eigenvalue weighted by molar-refractivity contribution is 7.88. The van der Waals surface area contributed by atoms with Crippen molar-refractivity contribution in [3.8, 4) is 5.88 Å². The van der Waals surface area contributed by atoms with Gasteiger partial charge in [0.15, 0.2) is 0 Å². The molecule has 0 unspecified atom stereocenters. The van der Waals surface area contributed by atoms with E-state index in [0.717, 1.165) is 31.7 Å². The molecule has 1 aromatic heterocycles. The standard InChI is InChI=1S/C14H24N4O3S/c1-4-18(22(3,19)20)12-6-8-17(9-7-12)13-10-14(21-5-2)16-11-15-13/h10-12H,4-9H2,1-3H3. The number of aromatic nitrogens is 2. The highest BCUT2D eigenvalue weighted by Gasteiger charge is 2.29. The van der Waals surface area contributed by atoms with Gasteiger partial charge in [0, 0.05) is 31.7 Å². The van der Waals surface area contributed by atoms with Gasteiger partial charge in [-0.3, -0.25) is 0 Å². The number of nitrogens with zero attached hydrogens (tertiary/aromatic N) is 4. The van der Waals surface area contributed by atoms with Gasteiger partial charge in [-0.05, 0) is 19.8 Å². The van der Waals surface area contributed by atoms with Crippen LogP contribution in [0.15, 0.2) is 12.4 Å². The third-order valence-corrected chi connectivity index (χ3v) is 5.26. The Labute approximate surface area is 132 Å². The van der Waals surface area contributed by atoms with Gasteiger partial charge in [-0.1, -0.05) is 6.92 Å². The summed E-state index contributed by atoms with van der Waals surface area (Å²) in [6, 6.07) is 1.90. The molecule has 2 heterocycles. The third-order valence-electron chi connectivity index (χ3n) is 3.85. The van der Waals surface area contributed by atoms with Crippen LogP contribution < -0.4 is 9.64 Å². The molecule has 1 aliphatic heterocycles. The van der Waals surface area contributed by atoms with Crippen LogP contribution in [0, 0.1) is 0 Å². The molecule has 0 aliphatic carbocycles. The number of piperidine rings is 1. The number of sulfonamides is 1. The molecule has 0 amide bonds. The zero-order valence-electron chi connectivity index (χ0n) is 13.4. The number of ether oxygens (including phenoxy) is 1. The predicted octanol–water partition coefficient (Wildman–Crippen LogP) is 1.13. The van der Waals surface area contributed by atoms with Crippen LogP contribution in [0.25, 0.3) is 0 Å². The highest BCUT2D eigenvalue weighted by atomic mass is 32.2. The average molecular weight is 328 g/mol. The van der Waals surface area contributed by atoms with Gasteiger partial charge >= 0.3 is 0 Å². The molecule has 1 aromatic rings. The van der Waals surface area contributed by atoms with Crippen LogP contribution in [0.5, 0.6) is 5.88 Å². The minimum atomic E-state index is -3.14. The van der Waals surface area contributed by atoms with E-state index in [-0.39, 0.29) is 6.04 Å². The zero-order valence-corrected chi connectivity index (χ0v) is 14.2. The minimum Gasteiger partial charge on any atom is -0.478 e. The van der Waals surface area contributed by atoms with E-state index in [1.54, 1.807) is 4.31 Å². The lowest BCUT2D eigenvalue weighted by molar-refractivity contribution is 0.285. The van der Waals surface area contributed by atoms with Crippen LogP contribution >= 0.6 is 0 Å². The summed E-state index contributed by atoms with van der Waals surface area (Å²) in [5.74, 6) is 1.40. The Balaban J connectivity index is 2.01. The van der Waals surface area contributed by atoms with Crippen molar-refractivity contribution < 1.29 is 13.2 Å². The Morgan fingerprint density at radius 1 is 1.32 bits per heavy atom. The molecule has 0 aromatic carbocycles. The molecule has 0 N–H and O–H groups in total. The van der Waals surface area contributed by atoms with Crippen LogP contribution in [0.3, 0.4) is 0 Å². The van der Waals surface area contributed by atoms with Gasteiger partial charge in [-0.2, -0.15) is 4.31 Å². The minimum absolute atomic E-state index is 0.0736. The lowest BCUT2D eigenvalue weighted by Gasteiger charge is -2.37. The zero-order chi connectivity index (χ0) is 16.2. The summed E-state index contributed by atoms with van der Waals surface area (Å²) in [4.78, 5) is 10.5. The van der Waals surface area contributed by atoms with Crippen LogP contribution in [-0.4, -0.2) is 61.2 Å². The molecule has 0 atom stereocenters. The smallest absolute Gasteiger partial charge is 0.218 e. The van der Waals surface area contributed by atoms with Crippen molar-refractivity contribution in [3.05, 3.63) is 12.4 Å². The summed E-state index contributed by atoms with van der Waals surface area (Å²) in [6.07, 6.45) is 4.38. The maximum Gasteiger partial charge on any atom is 0.218 e. The van der Waals surface area contributed by atoms with Crippen molar-refractivity contribution in [2.75, 3.05) is 37.4 Å². The Kier molecular flexibility index (Phi) is 5.57. The molecule has 8 heteroatoms. The second-order valence-electron chi connectivity index (χ2n) is 5.33. The van der Waals surface area contributed by atoms with Gasteiger partial charge in [0.2, 0.25) is 15.9 Å². The molecule has 2 rings (SSSR count). The molecule has 22 heavy (non-hydrogen) atoms. The van der Waals surface area contributed by atoms with Crippen molar-refractivity contribution in [3.63, 3.8) is 0 Å². The Hall–Kier alpha value is -1.41. The number of hydrogen-bond acceptors (Lipinski definition) is 6. The van der Waals surface area contributed by atoms with Crippen molar-refractivity contribution in [2.45, 2.75) is 32.7 Å². The second kappa shape index (κ2) is 7.23. The van der Waals surface area contributed by atoms with Crippen molar-refractivity contribution >= 4 is 15.8 Å². The number of hydrogen-bond donors (Lipinski definition) is 0. The van der Waals surface area contributed by atoms with Gasteiger partial charge in [0.05, 0.1) is 12.9 Å². The first-order valence-electron chi connectivity index (χ1n) is 7.62. The highest BCUT2D eigenvalue weighted by Crippen LogP contribution is 2.23. The largest absolute Gasteiger partial charge is 0.478 e. The van der Waals surface area contributed by atoms with E-state index in [2.05, 4.69) is 14.9 Å². The van der Waals surface area contributed by atoms with Gasteiger partial charge in [-0.15, -0.1) is 0 Å². The normalized spacial score (nSPS) is 17.0. The van der Waals surface area contributed by atoms with Crippen LogP contribution in [0.2, 0.25) is 0 Å². The van der Waals surface area contributed by atoms with Crippen molar-refractivity contribution in [1.29, 1.82) is 0 Å². The number of anilines is 1. The molecular formula is C14H24N4O3S. The SMILES string of the molecule is CCOc1cc(N2CCC(N(CC)S(C)(=O)=O)CC2)ncn1. The van der Waals surface area contributed by atoms with Crippen LogP contribution in [0.1, 0.15) is 26.7 Å². The van der Waals surface area contributed by atoms with E-state index in [1.807, 2.05) is 19.9 Å². The van der Waals surface area contributed by atoms with Crippen LogP contribution in [-0.2, 0) is 10.0 Å².